The van der Waals surface area contributed by atoms with Crippen LogP contribution in [0.1, 0.15) is 25.3 Å². The third kappa shape index (κ3) is 6.10. The quantitative estimate of drug-likeness (QED) is 0.539. The standard InChI is InChI=1S/C19H27NO5S/c1-2-7-15(21)20-12-14-16(22)17(23)18(24)19(25-14)26-11-6-10-13-8-4-3-5-9-13/h3-6,8-10,14,16-19,22-24H,2,7,11-12H2,1H3,(H,20,21)/b10-6+/t14-,16-,17+,18+,19+/m1/s1. The number of hydrogen-bond donors (Lipinski definition) is 4. The molecule has 4 N–H and O–H groups in total. The van der Waals surface area contributed by atoms with Gasteiger partial charge < -0.3 is 25.4 Å². The molecule has 144 valence electrons. The first-order valence-electron chi connectivity index (χ1n) is 8.82. The number of nitrogens with one attached hydrogen (secondary N) is 1. The van der Waals surface area contributed by atoms with Gasteiger partial charge in [0.1, 0.15) is 29.9 Å². The summed E-state index contributed by atoms with van der Waals surface area (Å²) < 4.78 is 5.72. The monoisotopic (exact) mass is 381 g/mol. The molecule has 1 amide bonds. The number of aliphatic hydroxyl groups is 3. The molecule has 1 aromatic carbocycles. The lowest BCUT2D eigenvalue weighted by molar-refractivity contribution is -0.196. The molecule has 1 saturated heterocycles. The van der Waals surface area contributed by atoms with Gasteiger partial charge in [-0.15, -0.1) is 11.8 Å². The minimum Gasteiger partial charge on any atom is -0.388 e. The van der Waals surface area contributed by atoms with E-state index in [2.05, 4.69) is 5.32 Å². The van der Waals surface area contributed by atoms with E-state index in [4.69, 9.17) is 4.74 Å². The molecule has 26 heavy (non-hydrogen) atoms. The second-order valence-corrected chi connectivity index (χ2v) is 7.35. The Morgan fingerprint density at radius 3 is 2.62 bits per heavy atom. The van der Waals surface area contributed by atoms with Crippen LogP contribution in [0.3, 0.4) is 0 Å². The van der Waals surface area contributed by atoms with Gasteiger partial charge in [-0.1, -0.05) is 49.4 Å². The van der Waals surface area contributed by atoms with E-state index in [9.17, 15) is 20.1 Å². The first-order chi connectivity index (χ1) is 12.5. The lowest BCUT2D eigenvalue weighted by Crippen LogP contribution is -2.59. The van der Waals surface area contributed by atoms with E-state index in [1.807, 2.05) is 49.4 Å². The zero-order valence-corrected chi connectivity index (χ0v) is 15.6. The van der Waals surface area contributed by atoms with Crippen LogP contribution in [0.4, 0.5) is 0 Å². The fourth-order valence-corrected chi connectivity index (χ4v) is 3.63. The van der Waals surface area contributed by atoms with Crippen LogP contribution < -0.4 is 5.32 Å². The predicted molar refractivity (Wildman–Crippen MR) is 103 cm³/mol. The summed E-state index contributed by atoms with van der Waals surface area (Å²) in [6.45, 7) is 2.00. The Labute approximate surface area is 158 Å². The molecule has 6 nitrogen and oxygen atoms in total. The summed E-state index contributed by atoms with van der Waals surface area (Å²) >= 11 is 1.34. The number of amides is 1. The normalized spacial score (nSPS) is 29.0. The first-order valence-corrected chi connectivity index (χ1v) is 9.87. The highest BCUT2D eigenvalue weighted by Crippen LogP contribution is 2.28. The summed E-state index contributed by atoms with van der Waals surface area (Å²) in [5.41, 5.74) is 0.395. The van der Waals surface area contributed by atoms with E-state index >= 15 is 0 Å². The van der Waals surface area contributed by atoms with E-state index in [0.29, 0.717) is 12.2 Å². The SMILES string of the molecule is CCCC(=O)NC[C@H]1O[C@@H](SC/C=C/c2ccccc2)[C@@H](O)[C@@H](O)[C@@H]1O. The Kier molecular flexibility index (Phi) is 8.61. The highest BCUT2D eigenvalue weighted by Gasteiger charge is 2.43. The summed E-state index contributed by atoms with van der Waals surface area (Å²) in [4.78, 5) is 11.6. The van der Waals surface area contributed by atoms with Crippen LogP contribution in [-0.2, 0) is 9.53 Å². The number of rotatable bonds is 8. The molecule has 1 aromatic rings. The molecule has 0 spiro atoms. The summed E-state index contributed by atoms with van der Waals surface area (Å²) in [6.07, 6.45) is 0.536. The number of thioether (sulfide) groups is 1. The smallest absolute Gasteiger partial charge is 0.220 e. The molecule has 7 heteroatoms. The van der Waals surface area contributed by atoms with Crippen LogP contribution in [0.2, 0.25) is 0 Å². The lowest BCUT2D eigenvalue weighted by Gasteiger charge is -2.40. The molecule has 0 aromatic heterocycles. The molecule has 0 bridgehead atoms. The summed E-state index contributed by atoms with van der Waals surface area (Å²) in [6, 6.07) is 9.83. The first kappa shape index (κ1) is 20.9. The molecule has 1 aliphatic rings. The largest absolute Gasteiger partial charge is 0.388 e. The summed E-state index contributed by atoms with van der Waals surface area (Å²) in [7, 11) is 0. The summed E-state index contributed by atoms with van der Waals surface area (Å²) in [5, 5.41) is 33.0. The zero-order chi connectivity index (χ0) is 18.9. The van der Waals surface area contributed by atoms with Crippen LogP contribution in [0, 0.1) is 0 Å². The Bertz CT molecular complexity index is 583. The van der Waals surface area contributed by atoms with Crippen molar-refractivity contribution in [3.05, 3.63) is 42.0 Å². The molecular weight excluding hydrogens is 354 g/mol. The average Bonchev–Trinajstić information content (AvgIpc) is 2.65. The van der Waals surface area contributed by atoms with Crippen molar-refractivity contribution in [2.45, 2.75) is 49.6 Å². The Morgan fingerprint density at radius 1 is 1.19 bits per heavy atom. The van der Waals surface area contributed by atoms with Crippen LogP contribution >= 0.6 is 11.8 Å². The minimum absolute atomic E-state index is 0.0979. The molecule has 5 atom stereocenters. The molecule has 0 unspecified atom stereocenters. The van der Waals surface area contributed by atoms with Gasteiger partial charge in [-0.05, 0) is 12.0 Å². The summed E-state index contributed by atoms with van der Waals surface area (Å²) in [5.74, 6) is 0.452. The third-order valence-electron chi connectivity index (χ3n) is 4.11. The lowest BCUT2D eigenvalue weighted by atomic mass is 10.00. The maximum atomic E-state index is 11.6. The van der Waals surface area contributed by atoms with Crippen LogP contribution in [0.5, 0.6) is 0 Å². The molecule has 0 saturated carbocycles. The molecule has 0 aliphatic carbocycles. The number of hydrogen-bond acceptors (Lipinski definition) is 6. The van der Waals surface area contributed by atoms with Crippen molar-refractivity contribution in [2.24, 2.45) is 0 Å². The van der Waals surface area contributed by atoms with Crippen LogP contribution in [0.15, 0.2) is 36.4 Å². The number of carbonyl (C=O) groups is 1. The average molecular weight is 381 g/mol. The Morgan fingerprint density at radius 2 is 1.92 bits per heavy atom. The number of carbonyl (C=O) groups excluding carboxylic acids is 1. The number of ether oxygens (including phenoxy) is 1. The van der Waals surface area contributed by atoms with Gasteiger partial charge in [-0.25, -0.2) is 0 Å². The van der Waals surface area contributed by atoms with Crippen molar-refractivity contribution in [3.8, 4) is 0 Å². The molecular formula is C19H27NO5S. The third-order valence-corrected chi connectivity index (χ3v) is 5.22. The van der Waals surface area contributed by atoms with Gasteiger partial charge in [0, 0.05) is 18.7 Å². The highest BCUT2D eigenvalue weighted by molar-refractivity contribution is 7.99. The van der Waals surface area contributed by atoms with Gasteiger partial charge in [0.05, 0.1) is 0 Å². The minimum atomic E-state index is -1.31. The van der Waals surface area contributed by atoms with E-state index in [0.717, 1.165) is 12.0 Å². The molecule has 1 fully saturated rings. The second-order valence-electron chi connectivity index (χ2n) is 6.22. The maximum absolute atomic E-state index is 11.6. The fraction of sp³-hybridized carbons (Fsp3) is 0.526. The van der Waals surface area contributed by atoms with Crippen molar-refractivity contribution in [3.63, 3.8) is 0 Å². The van der Waals surface area contributed by atoms with Crippen LogP contribution in [0.25, 0.3) is 6.08 Å². The second kappa shape index (κ2) is 10.7. The van der Waals surface area contributed by atoms with Crippen molar-refractivity contribution >= 4 is 23.7 Å². The van der Waals surface area contributed by atoms with E-state index in [1.54, 1.807) is 0 Å². The van der Waals surface area contributed by atoms with Gasteiger partial charge in [0.25, 0.3) is 0 Å². The zero-order valence-electron chi connectivity index (χ0n) is 14.8. The van der Waals surface area contributed by atoms with Gasteiger partial charge in [-0.3, -0.25) is 4.79 Å². The predicted octanol–water partition coefficient (Wildman–Crippen LogP) is 1.16. The van der Waals surface area contributed by atoms with E-state index in [-0.39, 0.29) is 12.5 Å². The molecule has 1 aliphatic heterocycles. The fourth-order valence-electron chi connectivity index (χ4n) is 2.65. The van der Waals surface area contributed by atoms with Gasteiger partial charge in [-0.2, -0.15) is 0 Å². The number of benzene rings is 1. The topological polar surface area (TPSA) is 99.0 Å². The Balaban J connectivity index is 1.86. The van der Waals surface area contributed by atoms with Gasteiger partial charge >= 0.3 is 0 Å². The molecule has 0 radical (unpaired) electrons. The maximum Gasteiger partial charge on any atom is 0.220 e. The molecule has 1 heterocycles. The number of aliphatic hydroxyl groups excluding tert-OH is 3. The van der Waals surface area contributed by atoms with Gasteiger partial charge in [0.2, 0.25) is 5.91 Å². The highest BCUT2D eigenvalue weighted by atomic mass is 32.2. The van der Waals surface area contributed by atoms with Crippen molar-refractivity contribution in [1.29, 1.82) is 0 Å². The molecule has 2 rings (SSSR count). The van der Waals surface area contributed by atoms with E-state index in [1.165, 1.54) is 11.8 Å². The van der Waals surface area contributed by atoms with Crippen molar-refractivity contribution in [2.75, 3.05) is 12.3 Å². The van der Waals surface area contributed by atoms with Crippen LogP contribution in [-0.4, -0.2) is 63.4 Å². The van der Waals surface area contributed by atoms with Crippen molar-refractivity contribution in [1.82, 2.24) is 5.32 Å². The van der Waals surface area contributed by atoms with Crippen molar-refractivity contribution < 1.29 is 24.9 Å². The Hall–Kier alpha value is -1.38. The van der Waals surface area contributed by atoms with E-state index < -0.39 is 29.9 Å². The van der Waals surface area contributed by atoms with Gasteiger partial charge in [0.15, 0.2) is 0 Å².